The van der Waals surface area contributed by atoms with Gasteiger partial charge in [0.15, 0.2) is 0 Å². The van der Waals surface area contributed by atoms with E-state index in [-0.39, 0.29) is 5.92 Å². The van der Waals surface area contributed by atoms with E-state index in [1.807, 2.05) is 0 Å². The lowest BCUT2D eigenvalue weighted by molar-refractivity contribution is 0.546. The molecule has 0 fully saturated rings. The monoisotopic (exact) mass is 259 g/mol. The molecule has 0 N–H and O–H groups in total. The zero-order valence-electron chi connectivity index (χ0n) is 9.27. The van der Waals surface area contributed by atoms with Crippen molar-refractivity contribution in [2.24, 2.45) is 5.92 Å². The number of alkyl halides is 1. The molecule has 1 atom stereocenters. The van der Waals surface area contributed by atoms with Crippen molar-refractivity contribution in [3.8, 4) is 6.07 Å². The normalized spacial score (nSPS) is 12.4. The summed E-state index contributed by atoms with van der Waals surface area (Å²) >= 11 is 3.36. The molecular formula is C12H22BrN. The predicted molar refractivity (Wildman–Crippen MR) is 65.5 cm³/mol. The highest BCUT2D eigenvalue weighted by Gasteiger charge is 2.03. The van der Waals surface area contributed by atoms with Crippen LogP contribution in [0.15, 0.2) is 0 Å². The molecule has 1 unspecified atom stereocenters. The maximum atomic E-state index is 8.72. The summed E-state index contributed by atoms with van der Waals surface area (Å²) in [6, 6.07) is 2.32. The van der Waals surface area contributed by atoms with E-state index >= 15 is 0 Å². The molecule has 0 heterocycles. The number of unbranched alkanes of at least 4 members (excludes halogenated alkanes) is 6. The molecule has 0 rings (SSSR count). The van der Waals surface area contributed by atoms with E-state index in [1.54, 1.807) is 0 Å². The van der Waals surface area contributed by atoms with Gasteiger partial charge in [-0.2, -0.15) is 5.26 Å². The molecule has 0 bridgehead atoms. The first-order valence-electron chi connectivity index (χ1n) is 5.80. The largest absolute Gasteiger partial charge is 0.198 e. The molecule has 0 aromatic heterocycles. The average molecular weight is 260 g/mol. The Morgan fingerprint density at radius 2 is 1.64 bits per heavy atom. The summed E-state index contributed by atoms with van der Waals surface area (Å²) in [4.78, 5) is 0. The Kier molecular flexibility index (Phi) is 11.0. The minimum Gasteiger partial charge on any atom is -0.198 e. The third-order valence-corrected chi connectivity index (χ3v) is 3.31. The van der Waals surface area contributed by atoms with Crippen molar-refractivity contribution in [1.29, 1.82) is 5.26 Å². The summed E-state index contributed by atoms with van der Waals surface area (Å²) in [5.41, 5.74) is 0. The van der Waals surface area contributed by atoms with Gasteiger partial charge in [-0.1, -0.05) is 67.8 Å². The van der Waals surface area contributed by atoms with Crippen molar-refractivity contribution < 1.29 is 0 Å². The molecule has 0 aliphatic rings. The van der Waals surface area contributed by atoms with Gasteiger partial charge in [-0.15, -0.1) is 0 Å². The van der Waals surface area contributed by atoms with Crippen molar-refractivity contribution in [3.05, 3.63) is 0 Å². The fourth-order valence-corrected chi connectivity index (χ4v) is 1.99. The van der Waals surface area contributed by atoms with Crippen molar-refractivity contribution in [2.75, 3.05) is 5.33 Å². The number of nitrogens with zero attached hydrogens (tertiary/aromatic N) is 1. The van der Waals surface area contributed by atoms with Crippen LogP contribution in [-0.2, 0) is 0 Å². The average Bonchev–Trinajstić information content (AvgIpc) is 2.22. The lowest BCUT2D eigenvalue weighted by Gasteiger charge is -2.04. The number of hydrogen-bond acceptors (Lipinski definition) is 1. The van der Waals surface area contributed by atoms with E-state index < -0.39 is 0 Å². The van der Waals surface area contributed by atoms with Crippen molar-refractivity contribution in [3.63, 3.8) is 0 Å². The maximum Gasteiger partial charge on any atom is 0.0664 e. The first-order valence-corrected chi connectivity index (χ1v) is 6.92. The van der Waals surface area contributed by atoms with Crippen LogP contribution in [0, 0.1) is 17.2 Å². The first kappa shape index (κ1) is 14.0. The molecule has 0 saturated carbocycles. The molecule has 82 valence electrons. The maximum absolute atomic E-state index is 8.72. The molecule has 1 nitrogen and oxygen atoms in total. The second-order valence-corrected chi connectivity index (χ2v) is 4.54. The second kappa shape index (κ2) is 11.0. The third kappa shape index (κ3) is 8.56. The van der Waals surface area contributed by atoms with Gasteiger partial charge < -0.3 is 0 Å². The molecule has 0 saturated heterocycles. The Balaban J connectivity index is 3.09. The topological polar surface area (TPSA) is 23.8 Å². The number of hydrogen-bond donors (Lipinski definition) is 0. The highest BCUT2D eigenvalue weighted by atomic mass is 79.9. The molecule has 0 aliphatic heterocycles. The molecule has 0 spiro atoms. The van der Waals surface area contributed by atoms with E-state index in [4.69, 9.17) is 5.26 Å². The van der Waals surface area contributed by atoms with Crippen LogP contribution < -0.4 is 0 Å². The molecule has 0 aromatic rings. The van der Waals surface area contributed by atoms with E-state index in [2.05, 4.69) is 28.9 Å². The van der Waals surface area contributed by atoms with Gasteiger partial charge in [0.1, 0.15) is 0 Å². The first-order chi connectivity index (χ1) is 6.85. The third-order valence-electron chi connectivity index (χ3n) is 2.52. The van der Waals surface area contributed by atoms with Crippen LogP contribution in [0.5, 0.6) is 0 Å². The van der Waals surface area contributed by atoms with Gasteiger partial charge in [0.05, 0.1) is 12.0 Å². The van der Waals surface area contributed by atoms with Crippen LogP contribution in [0.2, 0.25) is 0 Å². The van der Waals surface area contributed by atoms with Gasteiger partial charge in [-0.25, -0.2) is 0 Å². The standard InChI is InChI=1S/C12H22BrN/c1-2-3-4-5-6-7-8-9-12(10-13)11-14/h12H,2-10H2,1H3. The smallest absolute Gasteiger partial charge is 0.0664 e. The molecule has 0 radical (unpaired) electrons. The molecule has 0 aromatic carbocycles. The highest BCUT2D eigenvalue weighted by molar-refractivity contribution is 9.09. The SMILES string of the molecule is CCCCCCCCCC(C#N)CBr. The van der Waals surface area contributed by atoms with Crippen molar-refractivity contribution in [2.45, 2.75) is 58.3 Å². The Morgan fingerprint density at radius 1 is 1.07 bits per heavy atom. The van der Waals surface area contributed by atoms with Gasteiger partial charge in [-0.3, -0.25) is 0 Å². The van der Waals surface area contributed by atoms with Gasteiger partial charge >= 0.3 is 0 Å². The highest BCUT2D eigenvalue weighted by Crippen LogP contribution is 2.13. The Morgan fingerprint density at radius 3 is 2.14 bits per heavy atom. The molecule has 0 aliphatic carbocycles. The van der Waals surface area contributed by atoms with Gasteiger partial charge in [0, 0.05) is 5.33 Å². The van der Waals surface area contributed by atoms with E-state index in [0.717, 1.165) is 11.8 Å². The summed E-state index contributed by atoms with van der Waals surface area (Å²) in [7, 11) is 0. The summed E-state index contributed by atoms with van der Waals surface area (Å²) in [5.74, 6) is 0.227. The van der Waals surface area contributed by atoms with Crippen LogP contribution in [0.4, 0.5) is 0 Å². The van der Waals surface area contributed by atoms with E-state index in [9.17, 15) is 0 Å². The minimum absolute atomic E-state index is 0.227. The fraction of sp³-hybridized carbons (Fsp3) is 0.917. The van der Waals surface area contributed by atoms with E-state index in [0.29, 0.717) is 0 Å². The lowest BCUT2D eigenvalue weighted by Crippen LogP contribution is -1.97. The van der Waals surface area contributed by atoms with Crippen LogP contribution in [0.3, 0.4) is 0 Å². The van der Waals surface area contributed by atoms with Crippen LogP contribution in [0.25, 0.3) is 0 Å². The Hall–Kier alpha value is -0.0300. The van der Waals surface area contributed by atoms with Gasteiger partial charge in [0.25, 0.3) is 0 Å². The van der Waals surface area contributed by atoms with Gasteiger partial charge in [0.2, 0.25) is 0 Å². The summed E-state index contributed by atoms with van der Waals surface area (Å²) in [6.45, 7) is 2.24. The van der Waals surface area contributed by atoms with Crippen LogP contribution >= 0.6 is 15.9 Å². The van der Waals surface area contributed by atoms with Crippen molar-refractivity contribution >= 4 is 15.9 Å². The number of nitriles is 1. The number of rotatable bonds is 9. The molecule has 14 heavy (non-hydrogen) atoms. The quantitative estimate of drug-likeness (QED) is 0.437. The second-order valence-electron chi connectivity index (χ2n) is 3.89. The van der Waals surface area contributed by atoms with E-state index in [1.165, 1.54) is 44.9 Å². The zero-order chi connectivity index (χ0) is 10.6. The lowest BCUT2D eigenvalue weighted by atomic mass is 10.0. The fourth-order valence-electron chi connectivity index (χ4n) is 1.52. The van der Waals surface area contributed by atoms with Crippen molar-refractivity contribution in [1.82, 2.24) is 0 Å². The Bertz CT molecular complexity index is 151. The van der Waals surface area contributed by atoms with Crippen LogP contribution in [-0.4, -0.2) is 5.33 Å². The summed E-state index contributed by atoms with van der Waals surface area (Å²) in [6.07, 6.45) is 10.4. The Labute approximate surface area is 97.0 Å². The summed E-state index contributed by atoms with van der Waals surface area (Å²) in [5, 5.41) is 9.55. The number of halogens is 1. The van der Waals surface area contributed by atoms with Crippen LogP contribution in [0.1, 0.15) is 58.3 Å². The molecule has 0 amide bonds. The minimum atomic E-state index is 0.227. The zero-order valence-corrected chi connectivity index (χ0v) is 10.9. The van der Waals surface area contributed by atoms with Gasteiger partial charge in [-0.05, 0) is 6.42 Å². The molecule has 2 heteroatoms. The molecular weight excluding hydrogens is 238 g/mol. The predicted octanol–water partition coefficient (Wildman–Crippen LogP) is 4.66. The summed E-state index contributed by atoms with van der Waals surface area (Å²) < 4.78 is 0.